The van der Waals surface area contributed by atoms with Crippen molar-refractivity contribution < 1.29 is 44.5 Å². The predicted molar refractivity (Wildman–Crippen MR) is 201 cm³/mol. The summed E-state index contributed by atoms with van der Waals surface area (Å²) in [4.78, 5) is 0. The average Bonchev–Trinajstić information content (AvgIpc) is 3.10. The molecule has 0 radical (unpaired) electrons. The summed E-state index contributed by atoms with van der Waals surface area (Å²) in [7, 11) is 5.08. The van der Waals surface area contributed by atoms with Gasteiger partial charge in [0.05, 0.1) is 20.3 Å². The van der Waals surface area contributed by atoms with Crippen LogP contribution in [-0.2, 0) is 12.0 Å². The number of hydrogen-bond donors (Lipinski definition) is 5. The van der Waals surface area contributed by atoms with Crippen molar-refractivity contribution in [2.45, 2.75) is 94.5 Å². The van der Waals surface area contributed by atoms with Crippen LogP contribution in [-0.4, -0.2) is 69.6 Å². The number of phenolic OH excluding ortho intramolecular Hbond substituents is 3. The van der Waals surface area contributed by atoms with E-state index in [4.69, 9.17) is 18.9 Å². The normalized spacial score (nSPS) is 26.7. The number of hydrogen-bond acceptors (Lipinski definition) is 11. The van der Waals surface area contributed by atoms with Gasteiger partial charge in [-0.25, -0.2) is 0 Å². The van der Waals surface area contributed by atoms with Crippen LogP contribution < -0.4 is 18.9 Å². The van der Waals surface area contributed by atoms with Gasteiger partial charge in [-0.2, -0.15) is 0 Å². The van der Waals surface area contributed by atoms with Crippen molar-refractivity contribution in [2.24, 2.45) is 11.8 Å². The second-order valence-electron chi connectivity index (χ2n) is 15.0. The summed E-state index contributed by atoms with van der Waals surface area (Å²) in [6.45, 7) is 6.77. The number of aliphatic hydroxyl groups is 2. The standard InChI is InChI=1S/C40H50O9S2/c1-21(2)10-14-47-31-19-28(36(43)38(46-4)37(31)44)40-12-9-32-35(39(40)45)34-27-17-23(6-5-22(3)11-16-50-51-32)26-18-24(42)7-8-25(26)33(27)29(48-15-13-41)20-30(34)49-40/h7-8,18-23,32,35,39,41-45H,5-6,9-17H2,1-4H3/t22-,23-,32-,35-,39+,40-/m0/s1. The van der Waals surface area contributed by atoms with Gasteiger partial charge < -0.3 is 44.5 Å². The van der Waals surface area contributed by atoms with Gasteiger partial charge in [-0.15, -0.1) is 0 Å². The maximum atomic E-state index is 12.8. The molecule has 2 heterocycles. The molecule has 2 aliphatic heterocycles. The molecule has 3 aromatic rings. The van der Waals surface area contributed by atoms with E-state index in [-0.39, 0.29) is 59.0 Å². The van der Waals surface area contributed by atoms with Gasteiger partial charge in [0.15, 0.2) is 17.1 Å². The lowest BCUT2D eigenvalue weighted by Crippen LogP contribution is -2.56. The molecule has 7 rings (SSSR count). The van der Waals surface area contributed by atoms with Gasteiger partial charge in [0.2, 0.25) is 11.5 Å². The molecular weight excluding hydrogens is 689 g/mol. The first-order valence-electron chi connectivity index (χ1n) is 18.3. The number of fused-ring (bicyclic) bond motifs is 5. The van der Waals surface area contributed by atoms with E-state index < -0.39 is 11.7 Å². The minimum atomic E-state index is -1.39. The van der Waals surface area contributed by atoms with E-state index >= 15 is 0 Å². The Morgan fingerprint density at radius 3 is 2.55 bits per heavy atom. The van der Waals surface area contributed by atoms with Crippen LogP contribution in [0.2, 0.25) is 0 Å². The SMILES string of the molecule is COc1c(O)c(OCCC(C)C)cc([C@@]23CC[C@@H]4SSCC[C@@H](C)CC[C@H]5Cc6c(c(OCCO)cc(c6[C@H]4[C@H]2O)O3)-c2ccc(O)cc25)c1O. The third-order valence-corrected chi connectivity index (χ3v) is 14.3. The molecule has 11 heteroatoms. The average molecular weight is 739 g/mol. The molecule has 0 unspecified atom stereocenters. The highest BCUT2D eigenvalue weighted by atomic mass is 33.1. The lowest BCUT2D eigenvalue weighted by Gasteiger charge is -2.53. The van der Waals surface area contributed by atoms with Crippen LogP contribution in [0, 0.1) is 11.8 Å². The summed E-state index contributed by atoms with van der Waals surface area (Å²) in [5.41, 5.74) is 3.92. The molecule has 51 heavy (non-hydrogen) atoms. The maximum Gasteiger partial charge on any atom is 0.207 e. The Morgan fingerprint density at radius 1 is 0.980 bits per heavy atom. The van der Waals surface area contributed by atoms with Crippen molar-refractivity contribution in [3.05, 3.63) is 52.6 Å². The Balaban J connectivity index is 1.45. The molecule has 1 saturated carbocycles. The first-order chi connectivity index (χ1) is 24.6. The largest absolute Gasteiger partial charge is 0.508 e. The molecule has 276 valence electrons. The van der Waals surface area contributed by atoms with E-state index in [9.17, 15) is 25.5 Å². The molecule has 6 atom stereocenters. The molecule has 2 aliphatic carbocycles. The first-order valence-corrected chi connectivity index (χ1v) is 20.6. The zero-order valence-electron chi connectivity index (χ0n) is 29.8. The maximum absolute atomic E-state index is 12.8. The molecule has 0 saturated heterocycles. The molecule has 4 bridgehead atoms. The van der Waals surface area contributed by atoms with Gasteiger partial charge >= 0.3 is 0 Å². The zero-order valence-corrected chi connectivity index (χ0v) is 31.4. The highest BCUT2D eigenvalue weighted by molar-refractivity contribution is 8.76. The summed E-state index contributed by atoms with van der Waals surface area (Å²) >= 11 is 0. The minimum absolute atomic E-state index is 0.0488. The topological polar surface area (TPSA) is 138 Å². The summed E-state index contributed by atoms with van der Waals surface area (Å²) in [5, 5.41) is 56.2. The van der Waals surface area contributed by atoms with Gasteiger partial charge in [-0.3, -0.25) is 0 Å². The molecule has 3 aromatic carbocycles. The third kappa shape index (κ3) is 6.46. The Kier molecular flexibility index (Phi) is 10.5. The summed E-state index contributed by atoms with van der Waals surface area (Å²) in [6.07, 6.45) is 4.61. The van der Waals surface area contributed by atoms with Crippen molar-refractivity contribution in [1.82, 2.24) is 0 Å². The van der Waals surface area contributed by atoms with Crippen LogP contribution in [0.3, 0.4) is 0 Å². The number of ether oxygens (including phenoxy) is 4. The molecule has 4 aliphatic rings. The predicted octanol–water partition coefficient (Wildman–Crippen LogP) is 8.01. The van der Waals surface area contributed by atoms with E-state index in [1.165, 1.54) is 7.11 Å². The van der Waals surface area contributed by atoms with E-state index in [0.717, 1.165) is 59.3 Å². The van der Waals surface area contributed by atoms with Gasteiger partial charge in [0.1, 0.15) is 30.0 Å². The van der Waals surface area contributed by atoms with E-state index in [0.29, 0.717) is 54.8 Å². The van der Waals surface area contributed by atoms with E-state index in [2.05, 4.69) is 20.8 Å². The van der Waals surface area contributed by atoms with Crippen LogP contribution in [0.25, 0.3) is 11.1 Å². The smallest absolute Gasteiger partial charge is 0.207 e. The monoisotopic (exact) mass is 738 g/mol. The van der Waals surface area contributed by atoms with E-state index in [1.807, 2.05) is 39.8 Å². The quantitative estimate of drug-likeness (QED) is 0.137. The fraction of sp³-hybridized carbons (Fsp3) is 0.550. The molecule has 5 N–H and O–H groups in total. The van der Waals surface area contributed by atoms with Gasteiger partial charge in [0, 0.05) is 39.7 Å². The van der Waals surface area contributed by atoms with Crippen LogP contribution in [0.5, 0.6) is 40.2 Å². The Morgan fingerprint density at radius 2 is 1.78 bits per heavy atom. The summed E-state index contributed by atoms with van der Waals surface area (Å²) in [5.74, 6) is 2.51. The molecular formula is C40H50O9S2. The van der Waals surface area contributed by atoms with Gasteiger partial charge in [-0.1, -0.05) is 54.8 Å². The fourth-order valence-electron chi connectivity index (χ4n) is 8.60. The third-order valence-electron chi connectivity index (χ3n) is 11.3. The molecule has 0 spiro atoms. The lowest BCUT2D eigenvalue weighted by molar-refractivity contribution is -0.112. The van der Waals surface area contributed by atoms with Crippen LogP contribution in [0.15, 0.2) is 30.3 Å². The first kappa shape index (κ1) is 36.2. The Labute approximate surface area is 308 Å². The van der Waals surface area contributed by atoms with Gasteiger partial charge in [0.25, 0.3) is 0 Å². The molecule has 0 amide bonds. The number of rotatable bonds is 9. The Hall–Kier alpha value is -3.12. The highest BCUT2D eigenvalue weighted by Gasteiger charge is 2.59. The van der Waals surface area contributed by atoms with Crippen LogP contribution in [0.4, 0.5) is 0 Å². The highest BCUT2D eigenvalue weighted by Crippen LogP contribution is 2.64. The number of benzene rings is 3. The fourth-order valence-corrected chi connectivity index (χ4v) is 11.7. The van der Waals surface area contributed by atoms with Crippen LogP contribution in [0.1, 0.15) is 93.4 Å². The van der Waals surface area contributed by atoms with Gasteiger partial charge in [-0.05, 0) is 91.2 Å². The van der Waals surface area contributed by atoms with E-state index in [1.54, 1.807) is 12.1 Å². The second kappa shape index (κ2) is 14.7. The van der Waals surface area contributed by atoms with Crippen molar-refractivity contribution in [1.29, 1.82) is 0 Å². The minimum Gasteiger partial charge on any atom is -0.508 e. The Bertz CT molecular complexity index is 1760. The number of phenols is 3. The zero-order chi connectivity index (χ0) is 36.0. The van der Waals surface area contributed by atoms with Crippen molar-refractivity contribution in [3.8, 4) is 51.4 Å². The number of methoxy groups -OCH3 is 1. The van der Waals surface area contributed by atoms with Crippen molar-refractivity contribution in [3.63, 3.8) is 0 Å². The number of aliphatic hydroxyl groups excluding tert-OH is 2. The summed E-state index contributed by atoms with van der Waals surface area (Å²) in [6, 6.07) is 9.04. The van der Waals surface area contributed by atoms with Crippen molar-refractivity contribution in [2.75, 3.05) is 32.7 Å². The molecule has 0 aromatic heterocycles. The second-order valence-corrected chi connectivity index (χ2v) is 17.7. The number of aromatic hydroxyl groups is 3. The van der Waals surface area contributed by atoms with Crippen molar-refractivity contribution >= 4 is 21.6 Å². The molecule has 9 nitrogen and oxygen atoms in total. The molecule has 1 fully saturated rings. The summed E-state index contributed by atoms with van der Waals surface area (Å²) < 4.78 is 25.0. The lowest BCUT2D eigenvalue weighted by atomic mass is 9.64. The van der Waals surface area contributed by atoms with Crippen LogP contribution >= 0.6 is 21.6 Å².